The quantitative estimate of drug-likeness (QED) is 0.401. The molecule has 4 aromatic carbocycles. The smallest absolute Gasteiger partial charge is 0.253 e. The Kier molecular flexibility index (Phi) is 5.90. The van der Waals surface area contributed by atoms with Crippen molar-refractivity contribution in [2.45, 2.75) is 0 Å². The Balaban J connectivity index is 1.43. The first kappa shape index (κ1) is 19.5. The van der Waals surface area contributed by atoms with Crippen molar-refractivity contribution in [2.75, 3.05) is 18.5 Å². The standard InChI is InChI=1S/C25H21FN2O2/c26-21-12-4-6-15-24(21)30-17-16-27-25(29)20-11-3-5-13-23(20)28-22-14-7-9-18-8-1-2-10-19(18)22/h1-15,28H,16-17H2,(H,27,29). The van der Waals surface area contributed by atoms with Gasteiger partial charge in [0.15, 0.2) is 11.6 Å². The summed E-state index contributed by atoms with van der Waals surface area (Å²) in [4.78, 5) is 12.7. The monoisotopic (exact) mass is 400 g/mol. The molecule has 4 rings (SSSR count). The predicted molar refractivity (Wildman–Crippen MR) is 118 cm³/mol. The number of hydrogen-bond acceptors (Lipinski definition) is 3. The van der Waals surface area contributed by atoms with Gasteiger partial charge in [0.2, 0.25) is 0 Å². The van der Waals surface area contributed by atoms with Crippen molar-refractivity contribution in [1.82, 2.24) is 5.32 Å². The maximum absolute atomic E-state index is 13.6. The zero-order valence-electron chi connectivity index (χ0n) is 16.3. The van der Waals surface area contributed by atoms with Crippen molar-refractivity contribution >= 4 is 28.1 Å². The minimum Gasteiger partial charge on any atom is -0.489 e. The van der Waals surface area contributed by atoms with E-state index >= 15 is 0 Å². The van der Waals surface area contributed by atoms with Crippen LogP contribution in [0.4, 0.5) is 15.8 Å². The van der Waals surface area contributed by atoms with Gasteiger partial charge in [-0.25, -0.2) is 4.39 Å². The number of nitrogens with one attached hydrogen (secondary N) is 2. The summed E-state index contributed by atoms with van der Waals surface area (Å²) in [5.74, 6) is -0.478. The van der Waals surface area contributed by atoms with E-state index in [4.69, 9.17) is 4.74 Å². The molecule has 0 saturated heterocycles. The predicted octanol–water partition coefficient (Wildman–Crippen LogP) is 5.53. The van der Waals surface area contributed by atoms with Crippen molar-refractivity contribution in [3.8, 4) is 5.75 Å². The summed E-state index contributed by atoms with van der Waals surface area (Å²) in [5.41, 5.74) is 2.16. The third kappa shape index (κ3) is 4.41. The lowest BCUT2D eigenvalue weighted by atomic mass is 10.1. The molecule has 0 fully saturated rings. The molecule has 30 heavy (non-hydrogen) atoms. The van der Waals surface area contributed by atoms with Gasteiger partial charge in [-0.1, -0.05) is 60.7 Å². The van der Waals surface area contributed by atoms with E-state index in [9.17, 15) is 9.18 Å². The molecular formula is C25H21FN2O2. The number of anilines is 2. The third-order valence-electron chi connectivity index (χ3n) is 4.71. The molecule has 0 aliphatic rings. The molecule has 1 amide bonds. The third-order valence-corrected chi connectivity index (χ3v) is 4.71. The van der Waals surface area contributed by atoms with Gasteiger partial charge in [0.05, 0.1) is 17.8 Å². The lowest BCUT2D eigenvalue weighted by molar-refractivity contribution is 0.0947. The molecule has 0 saturated carbocycles. The second-order valence-electron chi connectivity index (χ2n) is 6.73. The topological polar surface area (TPSA) is 50.4 Å². The van der Waals surface area contributed by atoms with Crippen LogP contribution in [0, 0.1) is 5.82 Å². The van der Waals surface area contributed by atoms with Crippen LogP contribution in [-0.4, -0.2) is 19.1 Å². The average Bonchev–Trinajstić information content (AvgIpc) is 2.78. The Bertz CT molecular complexity index is 1170. The van der Waals surface area contributed by atoms with E-state index < -0.39 is 5.82 Å². The van der Waals surface area contributed by atoms with Crippen LogP contribution in [0.2, 0.25) is 0 Å². The number of para-hydroxylation sites is 2. The van der Waals surface area contributed by atoms with Crippen LogP contribution in [0.25, 0.3) is 10.8 Å². The minimum absolute atomic E-state index is 0.171. The van der Waals surface area contributed by atoms with Crippen molar-refractivity contribution in [2.24, 2.45) is 0 Å². The molecule has 0 aliphatic heterocycles. The molecule has 4 aromatic rings. The van der Waals surface area contributed by atoms with Crippen molar-refractivity contribution in [3.05, 3.63) is 102 Å². The van der Waals surface area contributed by atoms with E-state index in [1.165, 1.54) is 6.07 Å². The van der Waals surface area contributed by atoms with Crippen LogP contribution in [0.3, 0.4) is 0 Å². The second-order valence-corrected chi connectivity index (χ2v) is 6.73. The number of amides is 1. The van der Waals surface area contributed by atoms with E-state index in [1.807, 2.05) is 48.5 Å². The van der Waals surface area contributed by atoms with E-state index in [0.717, 1.165) is 16.5 Å². The first-order valence-corrected chi connectivity index (χ1v) is 9.72. The Labute approximate surface area is 174 Å². The maximum atomic E-state index is 13.6. The lowest BCUT2D eigenvalue weighted by Gasteiger charge is -2.14. The van der Waals surface area contributed by atoms with Gasteiger partial charge in [-0.15, -0.1) is 0 Å². The van der Waals surface area contributed by atoms with Gasteiger partial charge in [-0.2, -0.15) is 0 Å². The van der Waals surface area contributed by atoms with E-state index in [0.29, 0.717) is 11.3 Å². The number of carbonyl (C=O) groups is 1. The molecule has 0 radical (unpaired) electrons. The Morgan fingerprint density at radius 2 is 1.50 bits per heavy atom. The Morgan fingerprint density at radius 1 is 0.800 bits per heavy atom. The van der Waals surface area contributed by atoms with Crippen LogP contribution in [-0.2, 0) is 0 Å². The molecule has 0 unspecified atom stereocenters. The number of fused-ring (bicyclic) bond motifs is 1. The molecule has 5 heteroatoms. The van der Waals surface area contributed by atoms with E-state index in [1.54, 1.807) is 24.3 Å². The fourth-order valence-corrected chi connectivity index (χ4v) is 3.25. The van der Waals surface area contributed by atoms with Gasteiger partial charge >= 0.3 is 0 Å². The zero-order chi connectivity index (χ0) is 20.8. The van der Waals surface area contributed by atoms with Crippen LogP contribution >= 0.6 is 0 Å². The molecule has 0 spiro atoms. The van der Waals surface area contributed by atoms with E-state index in [2.05, 4.69) is 22.8 Å². The van der Waals surface area contributed by atoms with Crippen LogP contribution in [0.1, 0.15) is 10.4 Å². The second kappa shape index (κ2) is 9.09. The molecular weight excluding hydrogens is 379 g/mol. The molecule has 4 nitrogen and oxygen atoms in total. The molecule has 150 valence electrons. The first-order chi connectivity index (χ1) is 14.7. The lowest BCUT2D eigenvalue weighted by Crippen LogP contribution is -2.28. The molecule has 0 atom stereocenters. The first-order valence-electron chi connectivity index (χ1n) is 9.72. The number of carbonyl (C=O) groups excluding carboxylic acids is 1. The number of hydrogen-bond donors (Lipinski definition) is 2. The molecule has 0 bridgehead atoms. The summed E-state index contributed by atoms with van der Waals surface area (Å²) in [5, 5.41) is 8.40. The Morgan fingerprint density at radius 3 is 2.40 bits per heavy atom. The average molecular weight is 400 g/mol. The van der Waals surface area contributed by atoms with Gasteiger partial charge in [-0.05, 0) is 35.7 Å². The highest BCUT2D eigenvalue weighted by molar-refractivity contribution is 6.02. The summed E-state index contributed by atoms with van der Waals surface area (Å²) >= 11 is 0. The van der Waals surface area contributed by atoms with Crippen LogP contribution in [0.15, 0.2) is 91.0 Å². The van der Waals surface area contributed by atoms with Crippen LogP contribution < -0.4 is 15.4 Å². The summed E-state index contributed by atoms with van der Waals surface area (Å²) < 4.78 is 19.0. The van der Waals surface area contributed by atoms with E-state index in [-0.39, 0.29) is 24.8 Å². The SMILES string of the molecule is O=C(NCCOc1ccccc1F)c1ccccc1Nc1cccc2ccccc12. The fraction of sp³-hybridized carbons (Fsp3) is 0.0800. The van der Waals surface area contributed by atoms with Gasteiger partial charge in [0.1, 0.15) is 6.61 Å². The van der Waals surface area contributed by atoms with Crippen LogP contribution in [0.5, 0.6) is 5.75 Å². The van der Waals surface area contributed by atoms with Gasteiger partial charge in [0, 0.05) is 11.1 Å². The fourth-order valence-electron chi connectivity index (χ4n) is 3.25. The molecule has 2 N–H and O–H groups in total. The number of benzene rings is 4. The highest BCUT2D eigenvalue weighted by Gasteiger charge is 2.12. The molecule has 0 heterocycles. The van der Waals surface area contributed by atoms with Gasteiger partial charge in [-0.3, -0.25) is 4.79 Å². The molecule has 0 aromatic heterocycles. The highest BCUT2D eigenvalue weighted by Crippen LogP contribution is 2.28. The maximum Gasteiger partial charge on any atom is 0.253 e. The summed E-state index contributed by atoms with van der Waals surface area (Å²) in [6.07, 6.45) is 0. The zero-order valence-corrected chi connectivity index (χ0v) is 16.3. The van der Waals surface area contributed by atoms with Crippen molar-refractivity contribution in [1.29, 1.82) is 0 Å². The number of ether oxygens (including phenoxy) is 1. The summed E-state index contributed by atoms with van der Waals surface area (Å²) in [6, 6.07) is 27.6. The largest absolute Gasteiger partial charge is 0.489 e. The number of rotatable bonds is 7. The van der Waals surface area contributed by atoms with Crippen molar-refractivity contribution in [3.63, 3.8) is 0 Å². The highest BCUT2D eigenvalue weighted by atomic mass is 19.1. The molecule has 0 aliphatic carbocycles. The normalized spacial score (nSPS) is 10.6. The Hall–Kier alpha value is -3.86. The van der Waals surface area contributed by atoms with Gasteiger partial charge < -0.3 is 15.4 Å². The van der Waals surface area contributed by atoms with Crippen molar-refractivity contribution < 1.29 is 13.9 Å². The summed E-state index contributed by atoms with van der Waals surface area (Å²) in [7, 11) is 0. The minimum atomic E-state index is -0.423. The summed E-state index contributed by atoms with van der Waals surface area (Å²) in [6.45, 7) is 0.432. The number of halogens is 1. The van der Waals surface area contributed by atoms with Gasteiger partial charge in [0.25, 0.3) is 5.91 Å².